The van der Waals surface area contributed by atoms with E-state index in [9.17, 15) is 23.5 Å². The Morgan fingerprint density at radius 2 is 2.03 bits per heavy atom. The summed E-state index contributed by atoms with van der Waals surface area (Å²) in [5.41, 5.74) is 4.74. The summed E-state index contributed by atoms with van der Waals surface area (Å²) in [6.45, 7) is -0.372. The smallest absolute Gasteiger partial charge is 0.346 e. The molecule has 1 amide bonds. The third-order valence-corrected chi connectivity index (χ3v) is 4.27. The molecule has 0 spiro atoms. The van der Waals surface area contributed by atoms with E-state index in [-0.39, 0.29) is 24.0 Å². The van der Waals surface area contributed by atoms with E-state index in [1.807, 2.05) is 0 Å². The normalized spacial score (nSPS) is 12.9. The number of aliphatic hydroxyl groups is 1. The third kappa shape index (κ3) is 4.49. The van der Waals surface area contributed by atoms with Gasteiger partial charge in [-0.2, -0.15) is 0 Å². The molecule has 0 aliphatic rings. The van der Waals surface area contributed by atoms with Crippen molar-refractivity contribution in [1.29, 1.82) is 0 Å². The highest BCUT2D eigenvalue weighted by Crippen LogP contribution is 2.22. The molecular formula is C16H16ClF2N7O3. The van der Waals surface area contributed by atoms with Crippen molar-refractivity contribution >= 4 is 17.5 Å². The van der Waals surface area contributed by atoms with Crippen LogP contribution in [0.3, 0.4) is 0 Å². The van der Waals surface area contributed by atoms with Gasteiger partial charge in [0.1, 0.15) is 18.5 Å². The molecule has 29 heavy (non-hydrogen) atoms. The van der Waals surface area contributed by atoms with Gasteiger partial charge in [-0.1, -0.05) is 11.6 Å². The Hall–Kier alpha value is -3.12. The van der Waals surface area contributed by atoms with Crippen LogP contribution in [-0.4, -0.2) is 52.6 Å². The molecule has 0 aliphatic carbocycles. The average molecular weight is 428 g/mol. The quantitative estimate of drug-likeness (QED) is 0.504. The van der Waals surface area contributed by atoms with Crippen LogP contribution in [0, 0.1) is 0 Å². The molecular weight excluding hydrogens is 412 g/mol. The molecule has 1 aromatic carbocycles. The van der Waals surface area contributed by atoms with Gasteiger partial charge < -0.3 is 10.8 Å². The van der Waals surface area contributed by atoms with Crippen LogP contribution < -0.4 is 11.4 Å². The number of alkyl halides is 2. The van der Waals surface area contributed by atoms with Gasteiger partial charge >= 0.3 is 5.69 Å². The number of nitrogens with zero attached hydrogens (tertiary/aromatic N) is 5. The van der Waals surface area contributed by atoms with Crippen molar-refractivity contribution in [2.24, 2.45) is 5.73 Å². The molecule has 154 valence electrons. The molecule has 13 heteroatoms. The van der Waals surface area contributed by atoms with E-state index in [0.717, 1.165) is 9.25 Å². The van der Waals surface area contributed by atoms with Gasteiger partial charge in [0.25, 0.3) is 11.8 Å². The van der Waals surface area contributed by atoms with Crippen LogP contribution in [0.1, 0.15) is 23.4 Å². The summed E-state index contributed by atoms with van der Waals surface area (Å²) in [5.74, 6) is -4.41. The highest BCUT2D eigenvalue weighted by Gasteiger charge is 2.34. The zero-order valence-electron chi connectivity index (χ0n) is 15.0. The number of carbonyl (C=O) groups excluding carboxylic acids is 1. The molecule has 4 N–H and O–H groups in total. The Kier molecular flexibility index (Phi) is 5.48. The van der Waals surface area contributed by atoms with Crippen LogP contribution in [0.15, 0.2) is 29.1 Å². The van der Waals surface area contributed by atoms with Gasteiger partial charge in [0.2, 0.25) is 5.82 Å². The second-order valence-corrected chi connectivity index (χ2v) is 6.76. The van der Waals surface area contributed by atoms with E-state index in [4.69, 9.17) is 17.3 Å². The topological polar surface area (TPSA) is 145 Å². The SMILES string of the molecule is CC(F)(F)[C@@H](O)Cn1c(-c2ccc(Cl)cc2)nn(Cc2nc(C(N)=O)n[nH]2)c1=O. The molecule has 10 nitrogen and oxygen atoms in total. The maximum atomic E-state index is 13.5. The fraction of sp³-hybridized carbons (Fsp3) is 0.312. The molecule has 0 fully saturated rings. The van der Waals surface area contributed by atoms with Crippen molar-refractivity contribution in [1.82, 2.24) is 29.5 Å². The van der Waals surface area contributed by atoms with Crippen molar-refractivity contribution in [2.75, 3.05) is 0 Å². The first kappa shape index (κ1) is 20.6. The molecule has 0 unspecified atom stereocenters. The fourth-order valence-corrected chi connectivity index (χ4v) is 2.60. The molecule has 3 aromatic rings. The number of nitrogens with one attached hydrogen (secondary N) is 1. The summed E-state index contributed by atoms with van der Waals surface area (Å²) in [7, 11) is 0. The number of aromatic nitrogens is 6. The number of nitrogens with two attached hydrogens (primary N) is 1. The number of hydrogen-bond donors (Lipinski definition) is 3. The van der Waals surface area contributed by atoms with Crippen LogP contribution in [0.2, 0.25) is 5.02 Å². The lowest BCUT2D eigenvalue weighted by molar-refractivity contribution is -0.0993. The molecule has 0 aliphatic heterocycles. The van der Waals surface area contributed by atoms with Crippen LogP contribution >= 0.6 is 11.6 Å². The highest BCUT2D eigenvalue weighted by molar-refractivity contribution is 6.30. The number of hydrogen-bond acceptors (Lipinski definition) is 6. The van der Waals surface area contributed by atoms with Crippen LogP contribution in [0.4, 0.5) is 8.78 Å². The zero-order valence-corrected chi connectivity index (χ0v) is 15.8. The number of aromatic amines is 1. The lowest BCUT2D eigenvalue weighted by Gasteiger charge is -2.18. The van der Waals surface area contributed by atoms with E-state index in [1.54, 1.807) is 24.3 Å². The van der Waals surface area contributed by atoms with E-state index in [0.29, 0.717) is 17.5 Å². The van der Waals surface area contributed by atoms with E-state index in [2.05, 4.69) is 20.3 Å². The molecule has 0 saturated heterocycles. The molecule has 3 rings (SSSR count). The number of carbonyl (C=O) groups is 1. The number of halogens is 3. The summed E-state index contributed by atoms with van der Waals surface area (Å²) < 4.78 is 28.8. The lowest BCUT2D eigenvalue weighted by Crippen LogP contribution is -2.38. The predicted octanol–water partition coefficient (Wildman–Crippen LogP) is 0.647. The Morgan fingerprint density at radius 1 is 1.38 bits per heavy atom. The van der Waals surface area contributed by atoms with Crippen LogP contribution in [-0.2, 0) is 13.1 Å². The minimum atomic E-state index is -3.43. The fourth-order valence-electron chi connectivity index (χ4n) is 2.47. The second-order valence-electron chi connectivity index (χ2n) is 6.32. The number of aliphatic hydroxyl groups excluding tert-OH is 1. The van der Waals surface area contributed by atoms with Crippen molar-refractivity contribution in [3.8, 4) is 11.4 Å². The van der Waals surface area contributed by atoms with Gasteiger partial charge in [0, 0.05) is 17.5 Å². The van der Waals surface area contributed by atoms with Gasteiger partial charge in [-0.05, 0) is 24.3 Å². The Balaban J connectivity index is 2.03. The van der Waals surface area contributed by atoms with E-state index >= 15 is 0 Å². The monoisotopic (exact) mass is 427 g/mol. The summed E-state index contributed by atoms with van der Waals surface area (Å²) in [5, 5.41) is 20.4. The maximum absolute atomic E-state index is 13.5. The minimum Gasteiger partial charge on any atom is -0.385 e. The molecule has 0 saturated carbocycles. The number of benzene rings is 1. The van der Waals surface area contributed by atoms with Crippen molar-refractivity contribution < 1.29 is 18.7 Å². The summed E-state index contributed by atoms with van der Waals surface area (Å²) in [6, 6.07) is 6.21. The largest absolute Gasteiger partial charge is 0.385 e. The standard InChI is InChI=1S/C16H16ClF2N7O3/c1-16(18,19)10(27)6-25-14(8-2-4-9(17)5-3-8)24-26(15(25)29)7-11-21-13(12(20)28)23-22-11/h2-5,10,27H,6-7H2,1H3,(H2,20,28)(H,21,22,23)/t10-/m0/s1. The Labute approximate surface area is 166 Å². The molecule has 1 atom stereocenters. The Bertz CT molecular complexity index is 1090. The number of amides is 1. The van der Waals surface area contributed by atoms with Gasteiger partial charge in [0.05, 0.1) is 6.54 Å². The first-order valence-corrected chi connectivity index (χ1v) is 8.64. The van der Waals surface area contributed by atoms with Crippen LogP contribution in [0.25, 0.3) is 11.4 Å². The third-order valence-electron chi connectivity index (χ3n) is 4.02. The van der Waals surface area contributed by atoms with Crippen molar-refractivity contribution in [2.45, 2.75) is 32.0 Å². The van der Waals surface area contributed by atoms with Gasteiger partial charge in [0.15, 0.2) is 5.82 Å². The number of rotatable bonds is 7. The lowest BCUT2D eigenvalue weighted by atomic mass is 10.2. The highest BCUT2D eigenvalue weighted by atomic mass is 35.5. The second kappa shape index (κ2) is 7.72. The Morgan fingerprint density at radius 3 is 2.59 bits per heavy atom. The van der Waals surface area contributed by atoms with Gasteiger partial charge in [-0.15, -0.1) is 10.2 Å². The average Bonchev–Trinajstić information content (AvgIpc) is 3.22. The van der Waals surface area contributed by atoms with Gasteiger partial charge in [-0.3, -0.25) is 14.5 Å². The molecule has 0 radical (unpaired) electrons. The summed E-state index contributed by atoms with van der Waals surface area (Å²) >= 11 is 5.86. The van der Waals surface area contributed by atoms with Gasteiger partial charge in [-0.25, -0.2) is 23.2 Å². The number of primary amides is 1. The van der Waals surface area contributed by atoms with Crippen molar-refractivity contribution in [3.05, 3.63) is 51.4 Å². The minimum absolute atomic E-state index is 0.0459. The summed E-state index contributed by atoms with van der Waals surface area (Å²) in [4.78, 5) is 27.7. The van der Waals surface area contributed by atoms with Crippen molar-refractivity contribution in [3.63, 3.8) is 0 Å². The molecule has 0 bridgehead atoms. The first-order valence-electron chi connectivity index (χ1n) is 8.27. The van der Waals surface area contributed by atoms with Crippen LogP contribution in [0.5, 0.6) is 0 Å². The van der Waals surface area contributed by atoms with E-state index in [1.165, 1.54) is 0 Å². The predicted molar refractivity (Wildman–Crippen MR) is 97.6 cm³/mol. The maximum Gasteiger partial charge on any atom is 0.346 e. The summed E-state index contributed by atoms with van der Waals surface area (Å²) in [6.07, 6.45) is -2.12. The first-order chi connectivity index (χ1) is 13.6. The van der Waals surface area contributed by atoms with E-state index < -0.39 is 30.2 Å². The molecule has 2 aromatic heterocycles. The zero-order chi connectivity index (χ0) is 21.3. The molecule has 2 heterocycles. The number of H-pyrrole nitrogens is 1.